The summed E-state index contributed by atoms with van der Waals surface area (Å²) in [6.45, 7) is 0. The highest BCUT2D eigenvalue weighted by atomic mass is 35.5. The lowest BCUT2D eigenvalue weighted by Crippen LogP contribution is -2.33. The maximum atomic E-state index is 12.2. The van der Waals surface area contributed by atoms with E-state index in [0.717, 1.165) is 0 Å². The number of hydrogen-bond acceptors (Lipinski definition) is 5. The second-order valence-electron chi connectivity index (χ2n) is 4.75. The summed E-state index contributed by atoms with van der Waals surface area (Å²) in [5, 5.41) is 9.96. The van der Waals surface area contributed by atoms with Gasteiger partial charge in [0.25, 0.3) is 5.56 Å². The topological polar surface area (TPSA) is 125 Å². The number of hydrogen-bond donors (Lipinski definition) is 3. The van der Waals surface area contributed by atoms with E-state index in [1.807, 2.05) is 6.07 Å². The number of rotatable bonds is 1. The number of benzene rings is 1. The molecule has 0 saturated heterocycles. The highest BCUT2D eigenvalue weighted by Crippen LogP contribution is 2.39. The molecular weight excluding hydrogens is 343 g/mol. The highest BCUT2D eigenvalue weighted by molar-refractivity contribution is 6.42. The van der Waals surface area contributed by atoms with Crippen LogP contribution in [-0.4, -0.2) is 9.97 Å². The van der Waals surface area contributed by atoms with Gasteiger partial charge < -0.3 is 10.5 Å². The number of nitriles is 1. The van der Waals surface area contributed by atoms with E-state index in [9.17, 15) is 14.9 Å². The van der Waals surface area contributed by atoms with Crippen LogP contribution >= 0.6 is 23.2 Å². The molecule has 1 aromatic heterocycles. The first kappa shape index (κ1) is 15.2. The van der Waals surface area contributed by atoms with E-state index in [4.69, 9.17) is 33.7 Å². The molecule has 23 heavy (non-hydrogen) atoms. The van der Waals surface area contributed by atoms with Gasteiger partial charge in [0.15, 0.2) is 0 Å². The smallest absolute Gasteiger partial charge is 0.328 e. The molecule has 7 nitrogen and oxygen atoms in total. The summed E-state index contributed by atoms with van der Waals surface area (Å²) >= 11 is 11.9. The fraction of sp³-hybridized carbons (Fsp3) is 0.0714. The first-order chi connectivity index (χ1) is 10.9. The van der Waals surface area contributed by atoms with Gasteiger partial charge in [-0.15, -0.1) is 0 Å². The van der Waals surface area contributed by atoms with Crippen LogP contribution in [-0.2, 0) is 0 Å². The fourth-order valence-electron chi connectivity index (χ4n) is 2.41. The molecule has 1 atom stereocenters. The number of allylic oxidation sites excluding steroid dienone is 1. The molecule has 0 bridgehead atoms. The largest absolute Gasteiger partial charge is 0.424 e. The van der Waals surface area contributed by atoms with Crippen molar-refractivity contribution in [3.8, 4) is 11.9 Å². The molecule has 0 unspecified atom stereocenters. The average molecular weight is 351 g/mol. The summed E-state index contributed by atoms with van der Waals surface area (Å²) in [5.41, 5.74) is 4.93. The molecule has 0 saturated carbocycles. The van der Waals surface area contributed by atoms with Crippen LogP contribution < -0.4 is 21.7 Å². The van der Waals surface area contributed by atoms with Crippen molar-refractivity contribution in [2.75, 3.05) is 0 Å². The van der Waals surface area contributed by atoms with Crippen molar-refractivity contribution in [2.45, 2.75) is 5.92 Å². The molecule has 1 aromatic carbocycles. The summed E-state index contributed by atoms with van der Waals surface area (Å²) in [6.07, 6.45) is 0. The molecule has 1 aliphatic heterocycles. The predicted octanol–water partition coefficient (Wildman–Crippen LogP) is 1.59. The first-order valence-electron chi connectivity index (χ1n) is 6.31. The van der Waals surface area contributed by atoms with Crippen molar-refractivity contribution < 1.29 is 4.74 Å². The van der Waals surface area contributed by atoms with Gasteiger partial charge in [-0.3, -0.25) is 14.8 Å². The highest BCUT2D eigenvalue weighted by Gasteiger charge is 2.34. The van der Waals surface area contributed by atoms with Gasteiger partial charge in [0.1, 0.15) is 11.6 Å². The Kier molecular flexibility index (Phi) is 3.64. The van der Waals surface area contributed by atoms with Crippen molar-refractivity contribution in [1.29, 1.82) is 5.26 Å². The number of fused-ring (bicyclic) bond motifs is 1. The molecule has 0 spiro atoms. The van der Waals surface area contributed by atoms with Crippen molar-refractivity contribution in [1.82, 2.24) is 9.97 Å². The number of aromatic amines is 2. The maximum Gasteiger partial charge on any atom is 0.328 e. The van der Waals surface area contributed by atoms with E-state index in [1.165, 1.54) is 6.07 Å². The van der Waals surface area contributed by atoms with Crippen LogP contribution in [0, 0.1) is 11.3 Å². The van der Waals surface area contributed by atoms with E-state index in [-0.39, 0.29) is 27.9 Å². The Bertz CT molecular complexity index is 1000. The van der Waals surface area contributed by atoms with E-state index in [0.29, 0.717) is 10.6 Å². The van der Waals surface area contributed by atoms with Crippen LogP contribution in [0.1, 0.15) is 17.0 Å². The number of nitrogens with one attached hydrogen (secondary N) is 2. The third-order valence-corrected chi connectivity index (χ3v) is 4.13. The summed E-state index contributed by atoms with van der Waals surface area (Å²) in [4.78, 5) is 28.1. The van der Waals surface area contributed by atoms with Crippen LogP contribution in [0.4, 0.5) is 0 Å². The van der Waals surface area contributed by atoms with Gasteiger partial charge in [0.05, 0.1) is 21.5 Å². The van der Waals surface area contributed by atoms with Gasteiger partial charge in [-0.25, -0.2) is 4.79 Å². The van der Waals surface area contributed by atoms with Crippen molar-refractivity contribution in [3.05, 3.63) is 71.7 Å². The van der Waals surface area contributed by atoms with Crippen molar-refractivity contribution >= 4 is 23.2 Å². The number of halogens is 2. The SMILES string of the molecule is N#CC1=C(N)Oc2[nH]c(=O)[nH]c(=O)c2[C@H]1c1ccc(Cl)c(Cl)c1. The number of ether oxygens (including phenoxy) is 1. The minimum atomic E-state index is -0.834. The Morgan fingerprint density at radius 1 is 1.22 bits per heavy atom. The molecule has 0 fully saturated rings. The average Bonchev–Trinajstić information content (AvgIpc) is 2.48. The zero-order valence-corrected chi connectivity index (χ0v) is 12.8. The monoisotopic (exact) mass is 350 g/mol. The Morgan fingerprint density at radius 3 is 2.61 bits per heavy atom. The predicted molar refractivity (Wildman–Crippen MR) is 83.4 cm³/mol. The molecule has 9 heteroatoms. The van der Waals surface area contributed by atoms with Gasteiger partial charge in [-0.2, -0.15) is 5.26 Å². The van der Waals surface area contributed by atoms with Crippen molar-refractivity contribution in [3.63, 3.8) is 0 Å². The Hall–Kier alpha value is -2.69. The standard InChI is InChI=1S/C14H8Cl2N4O3/c15-7-2-1-5(3-8(7)16)9-6(4-17)11(18)23-13-10(9)12(21)19-14(22)20-13/h1-3,9H,18H2,(H2,19,20,21,22)/t9-/m0/s1. The minimum Gasteiger partial charge on any atom is -0.424 e. The zero-order valence-electron chi connectivity index (χ0n) is 11.3. The first-order valence-corrected chi connectivity index (χ1v) is 7.07. The van der Waals surface area contributed by atoms with Gasteiger partial charge in [0.2, 0.25) is 11.8 Å². The molecule has 2 aromatic rings. The lowest BCUT2D eigenvalue weighted by Gasteiger charge is -2.24. The summed E-state index contributed by atoms with van der Waals surface area (Å²) in [5.74, 6) is -1.14. The number of nitrogens with zero attached hydrogens (tertiary/aromatic N) is 1. The third kappa shape index (κ3) is 2.48. The minimum absolute atomic E-state index is 0.0356. The second-order valence-corrected chi connectivity index (χ2v) is 5.56. The van der Waals surface area contributed by atoms with E-state index in [1.54, 1.807) is 12.1 Å². The zero-order chi connectivity index (χ0) is 16.7. The van der Waals surface area contributed by atoms with E-state index < -0.39 is 17.2 Å². The number of H-pyrrole nitrogens is 2. The third-order valence-electron chi connectivity index (χ3n) is 3.40. The molecule has 116 valence electrons. The number of aromatic nitrogens is 2. The van der Waals surface area contributed by atoms with Crippen LogP contribution in [0.15, 0.2) is 39.2 Å². The quantitative estimate of drug-likeness (QED) is 0.720. The molecule has 0 amide bonds. The van der Waals surface area contributed by atoms with Crippen LogP contribution in [0.5, 0.6) is 5.88 Å². The summed E-state index contributed by atoms with van der Waals surface area (Å²) in [7, 11) is 0. The normalized spacial score (nSPS) is 16.5. The Labute approximate surface area is 138 Å². The maximum absolute atomic E-state index is 12.2. The fourth-order valence-corrected chi connectivity index (χ4v) is 2.72. The van der Waals surface area contributed by atoms with Crippen LogP contribution in [0.2, 0.25) is 10.0 Å². The van der Waals surface area contributed by atoms with Crippen molar-refractivity contribution in [2.24, 2.45) is 5.73 Å². The molecule has 1 aliphatic rings. The molecular formula is C14H8Cl2N4O3. The second kappa shape index (κ2) is 5.50. The Balaban J connectivity index is 2.33. The number of nitrogens with two attached hydrogens (primary N) is 1. The molecule has 4 N–H and O–H groups in total. The summed E-state index contributed by atoms with van der Waals surface area (Å²) < 4.78 is 5.20. The lowest BCUT2D eigenvalue weighted by molar-refractivity contribution is 0.373. The lowest BCUT2D eigenvalue weighted by atomic mass is 9.85. The van der Waals surface area contributed by atoms with Gasteiger partial charge >= 0.3 is 5.69 Å². The molecule has 0 radical (unpaired) electrons. The van der Waals surface area contributed by atoms with E-state index >= 15 is 0 Å². The van der Waals surface area contributed by atoms with E-state index in [2.05, 4.69) is 9.97 Å². The van der Waals surface area contributed by atoms with Crippen LogP contribution in [0.3, 0.4) is 0 Å². The van der Waals surface area contributed by atoms with Gasteiger partial charge in [0, 0.05) is 0 Å². The van der Waals surface area contributed by atoms with Crippen LogP contribution in [0.25, 0.3) is 0 Å². The van der Waals surface area contributed by atoms with Gasteiger partial charge in [-0.05, 0) is 17.7 Å². The van der Waals surface area contributed by atoms with Gasteiger partial charge in [-0.1, -0.05) is 29.3 Å². The molecule has 2 heterocycles. The molecule has 0 aliphatic carbocycles. The molecule has 3 rings (SSSR count). The summed E-state index contributed by atoms with van der Waals surface area (Å²) in [6, 6.07) is 6.61. The Morgan fingerprint density at radius 2 is 1.96 bits per heavy atom.